The number of aromatic hydroxyl groups is 2. The Morgan fingerprint density at radius 2 is 1.69 bits per heavy atom. The van der Waals surface area contributed by atoms with E-state index >= 15 is 0 Å². The summed E-state index contributed by atoms with van der Waals surface area (Å²) in [6.45, 7) is 2.03. The molecular formula is C25H28N2O4S. The Balaban J connectivity index is 1.84. The van der Waals surface area contributed by atoms with Gasteiger partial charge in [0.1, 0.15) is 5.69 Å². The lowest BCUT2D eigenvalue weighted by molar-refractivity contribution is 0.405. The van der Waals surface area contributed by atoms with Crippen molar-refractivity contribution >= 4 is 21.2 Å². The van der Waals surface area contributed by atoms with Crippen LogP contribution in [0.1, 0.15) is 49.8 Å². The van der Waals surface area contributed by atoms with E-state index in [4.69, 9.17) is 0 Å². The van der Waals surface area contributed by atoms with Gasteiger partial charge in [-0.1, -0.05) is 43.7 Å². The van der Waals surface area contributed by atoms with E-state index in [9.17, 15) is 18.6 Å². The maximum Gasteiger partial charge on any atom is 0.234 e. The highest BCUT2D eigenvalue weighted by Gasteiger charge is 2.32. The Morgan fingerprint density at radius 1 is 1.03 bits per heavy atom. The number of hydrogen-bond donors (Lipinski definition) is 2. The van der Waals surface area contributed by atoms with Crippen molar-refractivity contribution in [2.75, 3.05) is 11.9 Å². The van der Waals surface area contributed by atoms with Crippen LogP contribution in [0.15, 0.2) is 64.4 Å². The number of rotatable bonds is 8. The molecule has 0 aliphatic heterocycles. The molecule has 1 fully saturated rings. The van der Waals surface area contributed by atoms with Crippen LogP contribution >= 0.6 is 0 Å². The smallest absolute Gasteiger partial charge is 0.234 e. The minimum Gasteiger partial charge on any atom is -0.504 e. The topological polar surface area (TPSA) is 90.7 Å². The number of anilines is 2. The summed E-state index contributed by atoms with van der Waals surface area (Å²) in [5.74, 6) is -0.662. The van der Waals surface area contributed by atoms with Gasteiger partial charge in [0.15, 0.2) is 10.6 Å². The highest BCUT2D eigenvalue weighted by molar-refractivity contribution is 7.91. The van der Waals surface area contributed by atoms with Crippen LogP contribution < -0.4 is 4.90 Å². The van der Waals surface area contributed by atoms with E-state index in [1.807, 2.05) is 37.3 Å². The van der Waals surface area contributed by atoms with Gasteiger partial charge in [-0.25, -0.2) is 13.4 Å². The first-order valence-electron chi connectivity index (χ1n) is 10.9. The molecule has 0 unspecified atom stereocenters. The molecule has 3 aromatic rings. The molecule has 4 rings (SSSR count). The van der Waals surface area contributed by atoms with Crippen LogP contribution in [0, 0.1) is 0 Å². The molecule has 0 spiro atoms. The summed E-state index contributed by atoms with van der Waals surface area (Å²) in [7, 11) is -2.44. The third-order valence-electron chi connectivity index (χ3n) is 5.91. The SMILES string of the molecule is CCCCc1nc(O)c(S(=O)(=O)c2ccc(C3CC3)cc2)c(O)c1N(C)c1ccccc1. The first-order valence-corrected chi connectivity index (χ1v) is 12.4. The molecule has 1 aromatic heterocycles. The molecule has 0 bridgehead atoms. The predicted octanol–water partition coefficient (Wildman–Crippen LogP) is 5.31. The van der Waals surface area contributed by atoms with Crippen LogP contribution in [0.25, 0.3) is 0 Å². The number of benzene rings is 2. The molecule has 7 heteroatoms. The molecule has 32 heavy (non-hydrogen) atoms. The Hall–Kier alpha value is -3.06. The van der Waals surface area contributed by atoms with Gasteiger partial charge >= 0.3 is 0 Å². The van der Waals surface area contributed by atoms with Crippen LogP contribution in [0.3, 0.4) is 0 Å². The minimum atomic E-state index is -4.19. The number of sulfone groups is 1. The molecule has 1 heterocycles. The van der Waals surface area contributed by atoms with Gasteiger partial charge in [-0.2, -0.15) is 0 Å². The van der Waals surface area contributed by atoms with E-state index in [1.165, 1.54) is 12.1 Å². The molecule has 0 saturated heterocycles. The average Bonchev–Trinajstić information content (AvgIpc) is 3.63. The fraction of sp³-hybridized carbons (Fsp3) is 0.320. The highest BCUT2D eigenvalue weighted by Crippen LogP contribution is 2.45. The van der Waals surface area contributed by atoms with Crippen molar-refractivity contribution in [3.63, 3.8) is 0 Å². The molecule has 0 amide bonds. The van der Waals surface area contributed by atoms with Crippen molar-refractivity contribution in [2.24, 2.45) is 0 Å². The minimum absolute atomic E-state index is 0.0175. The van der Waals surface area contributed by atoms with Gasteiger partial charge in [0, 0.05) is 12.7 Å². The van der Waals surface area contributed by atoms with E-state index in [2.05, 4.69) is 4.98 Å². The van der Waals surface area contributed by atoms with E-state index < -0.39 is 26.4 Å². The highest BCUT2D eigenvalue weighted by atomic mass is 32.2. The van der Waals surface area contributed by atoms with Crippen molar-refractivity contribution in [1.29, 1.82) is 0 Å². The van der Waals surface area contributed by atoms with Crippen molar-refractivity contribution in [3.05, 3.63) is 65.9 Å². The molecule has 168 valence electrons. The van der Waals surface area contributed by atoms with E-state index in [-0.39, 0.29) is 10.6 Å². The first kappa shape index (κ1) is 22.1. The van der Waals surface area contributed by atoms with Gasteiger partial charge in [-0.3, -0.25) is 0 Å². The lowest BCUT2D eigenvalue weighted by atomic mass is 10.1. The van der Waals surface area contributed by atoms with Gasteiger partial charge in [0.05, 0.1) is 10.6 Å². The zero-order chi connectivity index (χ0) is 22.9. The molecule has 1 aliphatic rings. The van der Waals surface area contributed by atoms with Gasteiger partial charge in [-0.05, 0) is 61.4 Å². The molecule has 0 atom stereocenters. The van der Waals surface area contributed by atoms with Crippen molar-refractivity contribution in [1.82, 2.24) is 4.98 Å². The predicted molar refractivity (Wildman–Crippen MR) is 125 cm³/mol. The zero-order valence-electron chi connectivity index (χ0n) is 18.3. The largest absolute Gasteiger partial charge is 0.504 e. The maximum atomic E-state index is 13.4. The number of pyridine rings is 1. The number of unbranched alkanes of at least 4 members (excludes halogenated alkanes) is 1. The third kappa shape index (κ3) is 4.17. The van der Waals surface area contributed by atoms with Crippen LogP contribution in [0.2, 0.25) is 0 Å². The quantitative estimate of drug-likeness (QED) is 0.481. The Morgan fingerprint density at radius 3 is 2.28 bits per heavy atom. The van der Waals surface area contributed by atoms with Crippen LogP contribution in [0.5, 0.6) is 11.6 Å². The fourth-order valence-electron chi connectivity index (χ4n) is 3.93. The Kier molecular flexibility index (Phi) is 6.11. The molecule has 6 nitrogen and oxygen atoms in total. The van der Waals surface area contributed by atoms with Gasteiger partial charge in [0.25, 0.3) is 0 Å². The van der Waals surface area contributed by atoms with Crippen LogP contribution in [-0.2, 0) is 16.3 Å². The fourth-order valence-corrected chi connectivity index (χ4v) is 5.30. The summed E-state index contributed by atoms with van der Waals surface area (Å²) in [4.78, 5) is 5.41. The lowest BCUT2D eigenvalue weighted by Crippen LogP contribution is -2.15. The van der Waals surface area contributed by atoms with Crippen LogP contribution in [0.4, 0.5) is 11.4 Å². The second-order valence-corrected chi connectivity index (χ2v) is 10.1. The molecular weight excluding hydrogens is 424 g/mol. The van der Waals surface area contributed by atoms with Crippen molar-refractivity contribution in [3.8, 4) is 11.6 Å². The van der Waals surface area contributed by atoms with Crippen molar-refractivity contribution < 1.29 is 18.6 Å². The number of hydrogen-bond acceptors (Lipinski definition) is 6. The summed E-state index contributed by atoms with van der Waals surface area (Å²) in [5, 5.41) is 21.8. The molecule has 2 N–H and O–H groups in total. The summed E-state index contributed by atoms with van der Waals surface area (Å²) < 4.78 is 26.9. The van der Waals surface area contributed by atoms with E-state index in [1.54, 1.807) is 24.1 Å². The standard InChI is InChI=1S/C25H28N2O4S/c1-3-4-10-21-22(27(2)19-8-6-5-7-9-19)23(28)24(25(29)26-21)32(30,31)20-15-13-18(14-16-20)17-11-12-17/h5-9,13-17H,3-4,10-12H2,1-2H3,(H2,26,28,29). The number of nitrogens with zero attached hydrogens (tertiary/aromatic N) is 2. The first-order chi connectivity index (χ1) is 15.3. The van der Waals surface area contributed by atoms with Gasteiger partial charge in [0.2, 0.25) is 15.7 Å². The number of aryl methyl sites for hydroxylation is 1. The Labute approximate surface area is 189 Å². The van der Waals surface area contributed by atoms with E-state index in [0.717, 1.165) is 36.9 Å². The number of para-hydroxylation sites is 1. The second-order valence-electron chi connectivity index (χ2n) is 8.25. The third-order valence-corrected chi connectivity index (χ3v) is 7.72. The summed E-state index contributed by atoms with van der Waals surface area (Å²) >= 11 is 0. The van der Waals surface area contributed by atoms with E-state index in [0.29, 0.717) is 18.0 Å². The lowest BCUT2D eigenvalue weighted by Gasteiger charge is -2.25. The van der Waals surface area contributed by atoms with Crippen LogP contribution in [-0.4, -0.2) is 30.7 Å². The maximum absolute atomic E-state index is 13.4. The van der Waals surface area contributed by atoms with Gasteiger partial charge in [-0.15, -0.1) is 0 Å². The van der Waals surface area contributed by atoms with Crippen molar-refractivity contribution in [2.45, 2.75) is 54.7 Å². The molecule has 2 aromatic carbocycles. The summed E-state index contributed by atoms with van der Waals surface area (Å²) in [5.41, 5.74) is 2.62. The summed E-state index contributed by atoms with van der Waals surface area (Å²) in [6, 6.07) is 16.0. The summed E-state index contributed by atoms with van der Waals surface area (Å²) in [6.07, 6.45) is 4.42. The van der Waals surface area contributed by atoms with Gasteiger partial charge < -0.3 is 15.1 Å². The number of aromatic nitrogens is 1. The normalized spacial score (nSPS) is 13.8. The second kappa shape index (κ2) is 8.82. The molecule has 1 saturated carbocycles. The Bertz CT molecular complexity index is 1200. The molecule has 0 radical (unpaired) electrons. The monoisotopic (exact) mass is 452 g/mol. The molecule has 1 aliphatic carbocycles. The average molecular weight is 453 g/mol. The zero-order valence-corrected chi connectivity index (χ0v) is 19.1.